The van der Waals surface area contributed by atoms with Gasteiger partial charge in [-0.05, 0) is 31.6 Å². The van der Waals surface area contributed by atoms with Crippen molar-refractivity contribution in [3.8, 4) is 0 Å². The molecule has 3 fully saturated rings. The lowest BCUT2D eigenvalue weighted by Crippen LogP contribution is -2.34. The first-order valence-electron chi connectivity index (χ1n) is 6.61. The van der Waals surface area contributed by atoms with Gasteiger partial charge in [-0.2, -0.15) is 0 Å². The molecule has 4 unspecified atom stereocenters. The molecule has 2 heteroatoms. The summed E-state index contributed by atoms with van der Waals surface area (Å²) in [6.07, 6.45) is 8.91. The van der Waals surface area contributed by atoms with Gasteiger partial charge in [0.25, 0.3) is 0 Å². The molecule has 2 nitrogen and oxygen atoms in total. The summed E-state index contributed by atoms with van der Waals surface area (Å²) in [7, 11) is 1.87. The van der Waals surface area contributed by atoms with Crippen LogP contribution in [0.25, 0.3) is 0 Å². The smallest absolute Gasteiger partial charge is 0.0876 e. The summed E-state index contributed by atoms with van der Waals surface area (Å²) in [5.41, 5.74) is 0.00252. The van der Waals surface area contributed by atoms with Crippen molar-refractivity contribution in [1.82, 2.24) is 0 Å². The molecule has 16 heavy (non-hydrogen) atoms. The van der Waals surface area contributed by atoms with Gasteiger partial charge in [-0.3, -0.25) is 0 Å². The number of hydrogen-bond acceptors (Lipinski definition) is 2. The Morgan fingerprint density at radius 2 is 2.19 bits per heavy atom. The Morgan fingerprint density at radius 1 is 1.38 bits per heavy atom. The molecule has 0 aromatic heterocycles. The minimum Gasteiger partial charge on any atom is -0.390 e. The van der Waals surface area contributed by atoms with Crippen LogP contribution in [0.15, 0.2) is 12.2 Å². The van der Waals surface area contributed by atoms with Crippen molar-refractivity contribution in [2.75, 3.05) is 7.11 Å². The van der Waals surface area contributed by atoms with Crippen LogP contribution < -0.4 is 0 Å². The normalized spacial score (nSPS) is 64.8. The summed E-state index contributed by atoms with van der Waals surface area (Å²) in [5.74, 6) is 1.66. The molecule has 4 aliphatic carbocycles. The van der Waals surface area contributed by atoms with E-state index in [1.54, 1.807) is 0 Å². The first-order chi connectivity index (χ1) is 7.65. The van der Waals surface area contributed by atoms with Crippen LogP contribution in [0.2, 0.25) is 0 Å². The Hall–Kier alpha value is -0.340. The van der Waals surface area contributed by atoms with Crippen molar-refractivity contribution >= 4 is 0 Å². The fraction of sp³-hybridized carbons (Fsp3) is 0.857. The zero-order chi connectivity index (χ0) is 11.2. The summed E-state index contributed by atoms with van der Waals surface area (Å²) in [6.45, 7) is 2.13. The summed E-state index contributed by atoms with van der Waals surface area (Å²) in [5, 5.41) is 10.8. The van der Waals surface area contributed by atoms with Crippen molar-refractivity contribution in [3.05, 3.63) is 12.2 Å². The topological polar surface area (TPSA) is 29.5 Å². The quantitative estimate of drug-likeness (QED) is 0.722. The molecular weight excluding hydrogens is 200 g/mol. The lowest BCUT2D eigenvalue weighted by Gasteiger charge is -2.30. The molecule has 0 bridgehead atoms. The summed E-state index contributed by atoms with van der Waals surface area (Å²) in [6, 6.07) is 0. The zero-order valence-corrected chi connectivity index (χ0v) is 10.1. The number of methoxy groups -OCH3 is 1. The molecule has 6 atom stereocenters. The van der Waals surface area contributed by atoms with E-state index in [2.05, 4.69) is 19.1 Å². The van der Waals surface area contributed by atoms with Crippen LogP contribution in [-0.2, 0) is 4.74 Å². The molecule has 0 radical (unpaired) electrons. The molecule has 0 aromatic rings. The molecule has 0 saturated heterocycles. The largest absolute Gasteiger partial charge is 0.390 e. The molecule has 0 amide bonds. The van der Waals surface area contributed by atoms with Crippen molar-refractivity contribution in [2.45, 2.75) is 43.8 Å². The van der Waals surface area contributed by atoms with Gasteiger partial charge in [-0.25, -0.2) is 0 Å². The van der Waals surface area contributed by atoms with Crippen molar-refractivity contribution < 1.29 is 9.84 Å². The van der Waals surface area contributed by atoms with Gasteiger partial charge < -0.3 is 9.84 Å². The zero-order valence-electron chi connectivity index (χ0n) is 10.1. The molecule has 4 rings (SSSR count). The van der Waals surface area contributed by atoms with E-state index in [0.29, 0.717) is 23.2 Å². The molecule has 0 aliphatic heterocycles. The van der Waals surface area contributed by atoms with E-state index in [-0.39, 0.29) is 5.60 Å². The maximum absolute atomic E-state index is 10.8. The number of aliphatic hydroxyl groups is 1. The van der Waals surface area contributed by atoms with Gasteiger partial charge in [0.05, 0.1) is 11.2 Å². The Labute approximate surface area is 96.7 Å². The first kappa shape index (κ1) is 9.67. The molecule has 1 N–H and O–H groups in total. The SMILES string of the molecule is CC[C@@]1(O)CCC23C1CC1C=CC2[C@@]13OC. The van der Waals surface area contributed by atoms with E-state index in [1.807, 2.05) is 7.11 Å². The minimum absolute atomic E-state index is 0.0946. The van der Waals surface area contributed by atoms with Gasteiger partial charge in [0, 0.05) is 24.4 Å². The number of rotatable bonds is 2. The van der Waals surface area contributed by atoms with Crippen LogP contribution in [-0.4, -0.2) is 23.4 Å². The van der Waals surface area contributed by atoms with Gasteiger partial charge in [0.1, 0.15) is 0 Å². The minimum atomic E-state index is -0.403. The Balaban J connectivity index is 1.82. The van der Waals surface area contributed by atoms with E-state index >= 15 is 0 Å². The molecule has 88 valence electrons. The lowest BCUT2D eigenvalue weighted by atomic mass is 9.81. The molecular formula is C14H20O2. The van der Waals surface area contributed by atoms with Crippen LogP contribution in [0, 0.1) is 23.2 Å². The molecule has 0 aromatic carbocycles. The van der Waals surface area contributed by atoms with Crippen LogP contribution in [0.1, 0.15) is 32.6 Å². The highest BCUT2D eigenvalue weighted by molar-refractivity contribution is 5.46. The van der Waals surface area contributed by atoms with E-state index in [0.717, 1.165) is 19.3 Å². The first-order valence-corrected chi connectivity index (χ1v) is 6.61. The second kappa shape index (κ2) is 2.41. The van der Waals surface area contributed by atoms with Crippen LogP contribution in [0.4, 0.5) is 0 Å². The van der Waals surface area contributed by atoms with Gasteiger partial charge in [0.15, 0.2) is 0 Å². The van der Waals surface area contributed by atoms with Crippen molar-refractivity contribution in [1.29, 1.82) is 0 Å². The van der Waals surface area contributed by atoms with Crippen molar-refractivity contribution in [3.63, 3.8) is 0 Å². The third kappa shape index (κ3) is 0.636. The van der Waals surface area contributed by atoms with Gasteiger partial charge in [-0.15, -0.1) is 0 Å². The van der Waals surface area contributed by atoms with Gasteiger partial charge in [-0.1, -0.05) is 19.1 Å². The second-order valence-corrected chi connectivity index (χ2v) is 6.25. The summed E-state index contributed by atoms with van der Waals surface area (Å²) < 4.78 is 5.93. The second-order valence-electron chi connectivity index (χ2n) is 6.25. The van der Waals surface area contributed by atoms with E-state index < -0.39 is 5.60 Å². The molecule has 3 saturated carbocycles. The Kier molecular flexibility index (Phi) is 1.46. The van der Waals surface area contributed by atoms with Crippen LogP contribution in [0.5, 0.6) is 0 Å². The molecule has 1 spiro atoms. The predicted molar refractivity (Wildman–Crippen MR) is 60.9 cm³/mol. The van der Waals surface area contributed by atoms with Gasteiger partial charge >= 0.3 is 0 Å². The predicted octanol–water partition coefficient (Wildman–Crippen LogP) is 2.13. The van der Waals surface area contributed by atoms with E-state index in [1.165, 1.54) is 6.42 Å². The fourth-order valence-corrected chi connectivity index (χ4v) is 5.78. The third-order valence-corrected chi connectivity index (χ3v) is 6.43. The standard InChI is InChI=1S/C14H20O2/c1-3-12(15)6-7-13-10-5-4-9(8-11(12)13)14(10,13)16-2/h4-5,9-11,15H,3,6-8H2,1-2H3/t9?,10?,11?,12-,13?,14+/m1/s1. The Bertz CT molecular complexity index is 390. The van der Waals surface area contributed by atoms with Crippen LogP contribution >= 0.6 is 0 Å². The Morgan fingerprint density at radius 3 is 2.81 bits per heavy atom. The highest BCUT2D eigenvalue weighted by Gasteiger charge is 2.89. The van der Waals surface area contributed by atoms with E-state index in [4.69, 9.17) is 4.74 Å². The monoisotopic (exact) mass is 220 g/mol. The van der Waals surface area contributed by atoms with E-state index in [9.17, 15) is 5.11 Å². The summed E-state index contributed by atoms with van der Waals surface area (Å²) >= 11 is 0. The lowest BCUT2D eigenvalue weighted by molar-refractivity contribution is -0.0151. The van der Waals surface area contributed by atoms with Crippen LogP contribution in [0.3, 0.4) is 0 Å². The molecule has 4 aliphatic rings. The average Bonchev–Trinajstić information content (AvgIpc) is 2.53. The average molecular weight is 220 g/mol. The van der Waals surface area contributed by atoms with Gasteiger partial charge in [0.2, 0.25) is 0 Å². The summed E-state index contributed by atoms with van der Waals surface area (Å²) in [4.78, 5) is 0. The highest BCUT2D eigenvalue weighted by Crippen LogP contribution is 2.86. The highest BCUT2D eigenvalue weighted by atomic mass is 16.5. The number of hydrogen-bond donors (Lipinski definition) is 1. The van der Waals surface area contributed by atoms with Crippen molar-refractivity contribution in [2.24, 2.45) is 23.2 Å². The number of ether oxygens (including phenoxy) is 1. The molecule has 0 heterocycles. The third-order valence-electron chi connectivity index (χ3n) is 6.43. The maximum Gasteiger partial charge on any atom is 0.0876 e. The maximum atomic E-state index is 10.8. The fourth-order valence-electron chi connectivity index (χ4n) is 5.78.